The second kappa shape index (κ2) is 2.66. The maximum absolute atomic E-state index is 9.74. The summed E-state index contributed by atoms with van der Waals surface area (Å²) in [6.45, 7) is 6.49. The average molecular weight is 192 g/mol. The van der Waals surface area contributed by atoms with Gasteiger partial charge in [0.2, 0.25) is 0 Å². The van der Waals surface area contributed by atoms with Crippen molar-refractivity contribution in [2.24, 2.45) is 11.8 Å². The zero-order chi connectivity index (χ0) is 10.5. The quantitative estimate of drug-likeness (QED) is 0.671. The highest BCUT2D eigenvalue weighted by Crippen LogP contribution is 2.61. The molecule has 0 bridgehead atoms. The Morgan fingerprint density at radius 2 is 1.71 bits per heavy atom. The second-order valence-electron chi connectivity index (χ2n) is 4.56. The summed E-state index contributed by atoms with van der Waals surface area (Å²) in [4.78, 5) is 0. The lowest BCUT2D eigenvalue weighted by atomic mass is 9.93. The zero-order valence-corrected chi connectivity index (χ0v) is 8.78. The molecule has 0 heterocycles. The standard InChI is InChI=1S/C12H16O2/c1-7-8(2)12(7,3)10-6-9(13)4-5-11(10)14/h4-8,13-14H,1-3H3. The Hall–Kier alpha value is -1.18. The average Bonchev–Trinajstić information content (AvgIpc) is 2.63. The van der Waals surface area contributed by atoms with Gasteiger partial charge in [-0.25, -0.2) is 0 Å². The highest BCUT2D eigenvalue weighted by Gasteiger charge is 2.57. The molecule has 76 valence electrons. The van der Waals surface area contributed by atoms with Crippen molar-refractivity contribution < 1.29 is 10.2 Å². The maximum Gasteiger partial charge on any atom is 0.119 e. The van der Waals surface area contributed by atoms with Crippen LogP contribution in [0.4, 0.5) is 0 Å². The Labute approximate surface area is 84.2 Å². The number of benzene rings is 1. The molecule has 2 unspecified atom stereocenters. The van der Waals surface area contributed by atoms with Crippen LogP contribution in [0.25, 0.3) is 0 Å². The number of phenols is 2. The summed E-state index contributed by atoms with van der Waals surface area (Å²) in [6, 6.07) is 4.75. The van der Waals surface area contributed by atoms with Gasteiger partial charge in [-0.15, -0.1) is 0 Å². The van der Waals surface area contributed by atoms with E-state index in [1.54, 1.807) is 12.1 Å². The van der Waals surface area contributed by atoms with E-state index in [0.717, 1.165) is 5.56 Å². The summed E-state index contributed by atoms with van der Waals surface area (Å²) in [5.41, 5.74) is 0.903. The van der Waals surface area contributed by atoms with Crippen molar-refractivity contribution >= 4 is 0 Å². The predicted molar refractivity (Wildman–Crippen MR) is 55.5 cm³/mol. The van der Waals surface area contributed by atoms with Crippen LogP contribution in [0.2, 0.25) is 0 Å². The van der Waals surface area contributed by atoms with Crippen LogP contribution in [-0.2, 0) is 5.41 Å². The van der Waals surface area contributed by atoms with E-state index in [1.807, 2.05) is 0 Å². The summed E-state index contributed by atoms with van der Waals surface area (Å²) in [6.07, 6.45) is 0. The van der Waals surface area contributed by atoms with E-state index in [2.05, 4.69) is 20.8 Å². The summed E-state index contributed by atoms with van der Waals surface area (Å²) >= 11 is 0. The van der Waals surface area contributed by atoms with E-state index in [9.17, 15) is 10.2 Å². The molecule has 1 fully saturated rings. The minimum atomic E-state index is 0.0306. The Balaban J connectivity index is 2.47. The van der Waals surface area contributed by atoms with E-state index in [4.69, 9.17) is 0 Å². The van der Waals surface area contributed by atoms with Crippen LogP contribution in [0, 0.1) is 11.8 Å². The van der Waals surface area contributed by atoms with Crippen molar-refractivity contribution in [2.45, 2.75) is 26.2 Å². The summed E-state index contributed by atoms with van der Waals surface area (Å²) < 4.78 is 0. The van der Waals surface area contributed by atoms with E-state index < -0.39 is 0 Å². The van der Waals surface area contributed by atoms with Gasteiger partial charge >= 0.3 is 0 Å². The molecule has 0 aliphatic heterocycles. The van der Waals surface area contributed by atoms with Gasteiger partial charge in [0, 0.05) is 11.0 Å². The molecule has 0 saturated heterocycles. The first-order valence-electron chi connectivity index (χ1n) is 5.00. The molecule has 1 aliphatic rings. The molecular weight excluding hydrogens is 176 g/mol. The molecule has 1 aromatic rings. The maximum atomic E-state index is 9.74. The zero-order valence-electron chi connectivity index (χ0n) is 8.78. The Morgan fingerprint density at radius 3 is 2.21 bits per heavy atom. The van der Waals surface area contributed by atoms with Gasteiger partial charge in [-0.3, -0.25) is 0 Å². The molecular formula is C12H16O2. The fraction of sp³-hybridized carbons (Fsp3) is 0.500. The smallest absolute Gasteiger partial charge is 0.119 e. The van der Waals surface area contributed by atoms with Gasteiger partial charge in [-0.2, -0.15) is 0 Å². The summed E-state index contributed by atoms with van der Waals surface area (Å²) in [7, 11) is 0. The number of phenolic OH excluding ortho intramolecular Hbond substituents is 2. The molecule has 1 aromatic carbocycles. The molecule has 0 spiro atoms. The number of aromatic hydroxyl groups is 2. The Bertz CT molecular complexity index is 363. The molecule has 2 N–H and O–H groups in total. The van der Waals surface area contributed by atoms with Gasteiger partial charge in [-0.05, 0) is 30.0 Å². The molecule has 2 rings (SSSR count). The van der Waals surface area contributed by atoms with Crippen LogP contribution in [0.1, 0.15) is 26.3 Å². The van der Waals surface area contributed by atoms with Gasteiger partial charge in [0.1, 0.15) is 11.5 Å². The molecule has 0 aromatic heterocycles. The third-order valence-electron chi connectivity index (χ3n) is 4.09. The van der Waals surface area contributed by atoms with Crippen LogP contribution in [0.5, 0.6) is 11.5 Å². The third-order valence-corrected chi connectivity index (χ3v) is 4.09. The topological polar surface area (TPSA) is 40.5 Å². The first-order valence-corrected chi connectivity index (χ1v) is 5.00. The minimum Gasteiger partial charge on any atom is -0.508 e. The van der Waals surface area contributed by atoms with E-state index in [0.29, 0.717) is 17.6 Å². The first-order chi connectivity index (χ1) is 6.48. The number of rotatable bonds is 1. The first kappa shape index (κ1) is 9.38. The molecule has 1 aliphatic carbocycles. The Morgan fingerprint density at radius 1 is 1.14 bits per heavy atom. The molecule has 2 atom stereocenters. The van der Waals surface area contributed by atoms with Gasteiger partial charge in [0.15, 0.2) is 0 Å². The van der Waals surface area contributed by atoms with Crippen molar-refractivity contribution in [3.8, 4) is 11.5 Å². The fourth-order valence-corrected chi connectivity index (χ4v) is 2.43. The Kier molecular flexibility index (Phi) is 1.78. The van der Waals surface area contributed by atoms with Crippen molar-refractivity contribution in [3.63, 3.8) is 0 Å². The van der Waals surface area contributed by atoms with Crippen LogP contribution < -0.4 is 0 Å². The highest BCUT2D eigenvalue weighted by atomic mass is 16.3. The number of hydrogen-bond donors (Lipinski definition) is 2. The van der Waals surface area contributed by atoms with Crippen LogP contribution in [-0.4, -0.2) is 10.2 Å². The van der Waals surface area contributed by atoms with E-state index >= 15 is 0 Å². The van der Waals surface area contributed by atoms with Crippen molar-refractivity contribution in [2.75, 3.05) is 0 Å². The molecule has 14 heavy (non-hydrogen) atoms. The fourth-order valence-electron chi connectivity index (χ4n) is 2.43. The highest BCUT2D eigenvalue weighted by molar-refractivity contribution is 5.47. The lowest BCUT2D eigenvalue weighted by Crippen LogP contribution is -2.05. The van der Waals surface area contributed by atoms with Gasteiger partial charge < -0.3 is 10.2 Å². The van der Waals surface area contributed by atoms with Crippen LogP contribution in [0.15, 0.2) is 18.2 Å². The predicted octanol–water partition coefficient (Wildman–Crippen LogP) is 2.64. The van der Waals surface area contributed by atoms with E-state index in [1.165, 1.54) is 6.07 Å². The van der Waals surface area contributed by atoms with E-state index in [-0.39, 0.29) is 11.2 Å². The summed E-state index contributed by atoms with van der Waals surface area (Å²) in [5.74, 6) is 1.65. The molecule has 0 radical (unpaired) electrons. The van der Waals surface area contributed by atoms with Gasteiger partial charge in [0.05, 0.1) is 0 Å². The van der Waals surface area contributed by atoms with Gasteiger partial charge in [-0.1, -0.05) is 20.8 Å². The van der Waals surface area contributed by atoms with Crippen molar-refractivity contribution in [3.05, 3.63) is 23.8 Å². The monoisotopic (exact) mass is 192 g/mol. The lowest BCUT2D eigenvalue weighted by Gasteiger charge is -2.13. The SMILES string of the molecule is CC1C(C)C1(C)c1cc(O)ccc1O. The number of hydrogen-bond acceptors (Lipinski definition) is 2. The lowest BCUT2D eigenvalue weighted by molar-refractivity contribution is 0.444. The third kappa shape index (κ3) is 1.03. The normalized spacial score (nSPS) is 35.6. The molecule has 2 nitrogen and oxygen atoms in total. The van der Waals surface area contributed by atoms with Crippen LogP contribution in [0.3, 0.4) is 0 Å². The molecule has 0 amide bonds. The minimum absolute atomic E-state index is 0.0306. The molecule has 2 heteroatoms. The van der Waals surface area contributed by atoms with Crippen LogP contribution >= 0.6 is 0 Å². The summed E-state index contributed by atoms with van der Waals surface area (Å²) in [5, 5.41) is 19.1. The molecule has 1 saturated carbocycles. The van der Waals surface area contributed by atoms with Crippen molar-refractivity contribution in [1.82, 2.24) is 0 Å². The van der Waals surface area contributed by atoms with Crippen molar-refractivity contribution in [1.29, 1.82) is 0 Å². The second-order valence-corrected chi connectivity index (χ2v) is 4.56. The van der Waals surface area contributed by atoms with Gasteiger partial charge in [0.25, 0.3) is 0 Å². The largest absolute Gasteiger partial charge is 0.508 e.